The van der Waals surface area contributed by atoms with Crippen molar-refractivity contribution >= 4 is 32.5 Å². The summed E-state index contributed by atoms with van der Waals surface area (Å²) in [5.41, 5.74) is 3.52. The highest BCUT2D eigenvalue weighted by molar-refractivity contribution is 9.10. The van der Waals surface area contributed by atoms with Crippen molar-refractivity contribution in [2.24, 2.45) is 0 Å². The van der Waals surface area contributed by atoms with Gasteiger partial charge in [0.15, 0.2) is 5.78 Å². The molecule has 3 heteroatoms. The van der Waals surface area contributed by atoms with Crippen molar-refractivity contribution < 1.29 is 9.53 Å². The zero-order valence-corrected chi connectivity index (χ0v) is 12.9. The maximum Gasteiger partial charge on any atom is 0.194 e. The van der Waals surface area contributed by atoms with Crippen LogP contribution in [0.4, 0.5) is 0 Å². The topological polar surface area (TPSA) is 26.3 Å². The Morgan fingerprint density at radius 2 is 1.76 bits per heavy atom. The molecule has 0 saturated carbocycles. The van der Waals surface area contributed by atoms with Crippen LogP contribution in [0.15, 0.2) is 53.0 Å². The molecule has 0 unspecified atom stereocenters. The molecule has 1 aliphatic rings. The fraction of sp³-hybridized carbons (Fsp3) is 0.0556. The first-order valence-electron chi connectivity index (χ1n) is 6.64. The fourth-order valence-corrected chi connectivity index (χ4v) is 3.37. The van der Waals surface area contributed by atoms with Crippen LogP contribution in [0, 0.1) is 0 Å². The van der Waals surface area contributed by atoms with Crippen LogP contribution >= 0.6 is 15.9 Å². The smallest absolute Gasteiger partial charge is 0.194 e. The van der Waals surface area contributed by atoms with Crippen LogP contribution in [0.25, 0.3) is 21.9 Å². The third-order valence-electron chi connectivity index (χ3n) is 3.95. The monoisotopic (exact) mass is 338 g/mol. The van der Waals surface area contributed by atoms with Gasteiger partial charge in [-0.05, 0) is 40.8 Å². The third-order valence-corrected chi connectivity index (χ3v) is 4.44. The van der Waals surface area contributed by atoms with E-state index >= 15 is 0 Å². The number of fused-ring (bicyclic) bond motifs is 2. The van der Waals surface area contributed by atoms with Crippen molar-refractivity contribution in [2.75, 3.05) is 7.11 Å². The van der Waals surface area contributed by atoms with Crippen LogP contribution in [-0.2, 0) is 0 Å². The summed E-state index contributed by atoms with van der Waals surface area (Å²) in [6, 6.07) is 15.6. The molecule has 102 valence electrons. The number of hydrogen-bond acceptors (Lipinski definition) is 2. The molecule has 0 aliphatic heterocycles. The Morgan fingerprint density at radius 3 is 2.57 bits per heavy atom. The van der Waals surface area contributed by atoms with Crippen molar-refractivity contribution in [3.8, 4) is 16.9 Å². The molecule has 0 radical (unpaired) electrons. The molecule has 0 saturated heterocycles. The minimum Gasteiger partial charge on any atom is -0.497 e. The zero-order chi connectivity index (χ0) is 14.6. The molecule has 4 rings (SSSR count). The molecule has 0 spiro atoms. The maximum atomic E-state index is 12.7. The van der Waals surface area contributed by atoms with Gasteiger partial charge < -0.3 is 4.74 Å². The van der Waals surface area contributed by atoms with E-state index in [0.29, 0.717) is 0 Å². The maximum absolute atomic E-state index is 12.7. The Hall–Kier alpha value is -2.13. The lowest BCUT2D eigenvalue weighted by molar-refractivity contribution is 0.104. The summed E-state index contributed by atoms with van der Waals surface area (Å²) < 4.78 is 6.31. The predicted molar refractivity (Wildman–Crippen MR) is 87.1 cm³/mol. The van der Waals surface area contributed by atoms with Crippen LogP contribution < -0.4 is 4.74 Å². The molecule has 0 bridgehead atoms. The van der Waals surface area contributed by atoms with Crippen molar-refractivity contribution in [3.05, 3.63) is 64.1 Å². The van der Waals surface area contributed by atoms with E-state index < -0.39 is 0 Å². The molecule has 0 aromatic heterocycles. The highest BCUT2D eigenvalue weighted by atomic mass is 79.9. The molecule has 21 heavy (non-hydrogen) atoms. The number of ether oxygens (including phenoxy) is 1. The molecule has 0 N–H and O–H groups in total. The summed E-state index contributed by atoms with van der Waals surface area (Å²) in [5.74, 6) is 0.882. The second kappa shape index (κ2) is 4.43. The van der Waals surface area contributed by atoms with Gasteiger partial charge in [-0.1, -0.05) is 40.2 Å². The highest BCUT2D eigenvalue weighted by Crippen LogP contribution is 2.42. The van der Waals surface area contributed by atoms with Gasteiger partial charge in [0.1, 0.15) is 5.75 Å². The van der Waals surface area contributed by atoms with Crippen molar-refractivity contribution in [1.29, 1.82) is 0 Å². The van der Waals surface area contributed by atoms with Crippen LogP contribution in [0.3, 0.4) is 0 Å². The molecular formula is C18H11BrO2. The first-order valence-corrected chi connectivity index (χ1v) is 7.44. The molecule has 3 aromatic carbocycles. The molecule has 3 aromatic rings. The lowest BCUT2D eigenvalue weighted by Crippen LogP contribution is -2.10. The second-order valence-corrected chi connectivity index (χ2v) is 6.01. The number of carbonyl (C=O) groups is 1. The molecule has 0 amide bonds. The first-order chi connectivity index (χ1) is 10.2. The molecule has 0 fully saturated rings. The molecule has 0 atom stereocenters. The molecular weight excluding hydrogens is 328 g/mol. The normalized spacial score (nSPS) is 12.4. The predicted octanol–water partition coefficient (Wildman–Crippen LogP) is 4.82. The Morgan fingerprint density at radius 1 is 0.905 bits per heavy atom. The lowest BCUT2D eigenvalue weighted by atomic mass is 9.83. The summed E-state index contributed by atoms with van der Waals surface area (Å²) in [5, 5.41) is 2.04. The van der Waals surface area contributed by atoms with Gasteiger partial charge in [-0.3, -0.25) is 4.79 Å². The Balaban J connectivity index is 2.20. The number of ketones is 1. The van der Waals surface area contributed by atoms with Crippen molar-refractivity contribution in [2.45, 2.75) is 0 Å². The van der Waals surface area contributed by atoms with Gasteiger partial charge in [-0.2, -0.15) is 0 Å². The van der Waals surface area contributed by atoms with E-state index in [-0.39, 0.29) is 5.78 Å². The van der Waals surface area contributed by atoms with Crippen molar-refractivity contribution in [1.82, 2.24) is 0 Å². The largest absolute Gasteiger partial charge is 0.497 e. The van der Waals surface area contributed by atoms with Gasteiger partial charge in [0.25, 0.3) is 0 Å². The highest BCUT2D eigenvalue weighted by Gasteiger charge is 2.25. The Bertz CT molecular complexity index is 912. The molecule has 1 aliphatic carbocycles. The van der Waals surface area contributed by atoms with E-state index in [1.807, 2.05) is 48.5 Å². The van der Waals surface area contributed by atoms with Gasteiger partial charge in [-0.25, -0.2) is 0 Å². The van der Waals surface area contributed by atoms with E-state index in [4.69, 9.17) is 4.74 Å². The van der Waals surface area contributed by atoms with Gasteiger partial charge in [-0.15, -0.1) is 0 Å². The van der Waals surface area contributed by atoms with E-state index in [0.717, 1.165) is 43.2 Å². The van der Waals surface area contributed by atoms with Gasteiger partial charge >= 0.3 is 0 Å². The van der Waals surface area contributed by atoms with E-state index in [1.54, 1.807) is 7.11 Å². The van der Waals surface area contributed by atoms with Crippen LogP contribution in [0.2, 0.25) is 0 Å². The fourth-order valence-electron chi connectivity index (χ4n) is 3.00. The van der Waals surface area contributed by atoms with Crippen molar-refractivity contribution in [3.63, 3.8) is 0 Å². The zero-order valence-electron chi connectivity index (χ0n) is 11.3. The van der Waals surface area contributed by atoms with E-state index in [2.05, 4.69) is 15.9 Å². The van der Waals surface area contributed by atoms with E-state index in [1.165, 1.54) is 0 Å². The standard InChI is InChI=1S/C18H11BrO2/c1-21-12-7-10-3-2-4-14-17(10)15(9-12)13-6-5-11(19)8-16(13)18(14)20/h2-9H,1H3. The summed E-state index contributed by atoms with van der Waals surface area (Å²) in [7, 11) is 1.66. The Kier molecular flexibility index (Phi) is 2.66. The number of halogens is 1. The van der Waals surface area contributed by atoms with Gasteiger partial charge in [0.05, 0.1) is 7.11 Å². The summed E-state index contributed by atoms with van der Waals surface area (Å²) in [6.45, 7) is 0. The average Bonchev–Trinajstić information content (AvgIpc) is 2.51. The Labute approximate surface area is 130 Å². The summed E-state index contributed by atoms with van der Waals surface area (Å²) in [4.78, 5) is 12.7. The number of methoxy groups -OCH3 is 1. The molecule has 2 nitrogen and oxygen atoms in total. The number of hydrogen-bond donors (Lipinski definition) is 0. The number of carbonyl (C=O) groups excluding carboxylic acids is 1. The summed E-state index contributed by atoms with van der Waals surface area (Å²) in [6.07, 6.45) is 0. The lowest BCUT2D eigenvalue weighted by Gasteiger charge is -2.20. The van der Waals surface area contributed by atoms with Crippen LogP contribution in [0.1, 0.15) is 15.9 Å². The number of rotatable bonds is 1. The summed E-state index contributed by atoms with van der Waals surface area (Å²) >= 11 is 3.45. The minimum atomic E-state index is 0.0783. The minimum absolute atomic E-state index is 0.0783. The number of benzene rings is 3. The quantitative estimate of drug-likeness (QED) is 0.497. The first kappa shape index (κ1) is 12.6. The van der Waals surface area contributed by atoms with Gasteiger partial charge in [0, 0.05) is 21.0 Å². The third kappa shape index (κ3) is 1.74. The average molecular weight is 339 g/mol. The SMILES string of the molecule is COc1cc2c3c(cccc3c1)C(=O)c1cc(Br)ccc1-2. The van der Waals surface area contributed by atoms with Gasteiger partial charge in [0.2, 0.25) is 0 Å². The second-order valence-electron chi connectivity index (χ2n) is 5.10. The van der Waals surface area contributed by atoms with Crippen LogP contribution in [-0.4, -0.2) is 12.9 Å². The van der Waals surface area contributed by atoms with E-state index in [9.17, 15) is 4.79 Å². The molecule has 0 heterocycles. The van der Waals surface area contributed by atoms with Crippen LogP contribution in [0.5, 0.6) is 5.75 Å².